The molecule has 9 heteroatoms. The first-order chi connectivity index (χ1) is 15.2. The van der Waals surface area contributed by atoms with Crippen LogP contribution in [0.5, 0.6) is 5.88 Å². The second-order valence-corrected chi connectivity index (χ2v) is 8.93. The molecule has 0 N–H and O–H groups in total. The third-order valence-corrected chi connectivity index (χ3v) is 7.20. The van der Waals surface area contributed by atoms with E-state index in [1.165, 1.54) is 34.3 Å². The lowest BCUT2D eigenvalue weighted by molar-refractivity contribution is 0.286. The summed E-state index contributed by atoms with van der Waals surface area (Å²) in [6.07, 6.45) is 7.37. The first-order valence-corrected chi connectivity index (χ1v) is 11.2. The van der Waals surface area contributed by atoms with E-state index in [1.54, 1.807) is 24.7 Å². The molecular weight excluding hydrogens is 412 g/mol. The highest BCUT2D eigenvalue weighted by molar-refractivity contribution is 7.18. The Balaban J connectivity index is 1.45. The molecule has 4 heterocycles. The maximum Gasteiger partial charge on any atom is 0.262 e. The standard InChI is InChI=1S/C22H20N6O2S/c1-27-21(29)13-7-5-6-9-15(13)28-17(25-26-22(27)28)11-30-19-18-14-8-3-2-4-10-16(14)31-20(18)24-12-23-19/h5-7,9,12H,2-4,8,10-11H2,1H3. The van der Waals surface area contributed by atoms with Gasteiger partial charge in [0.05, 0.1) is 16.3 Å². The summed E-state index contributed by atoms with van der Waals surface area (Å²) >= 11 is 1.76. The molecule has 0 saturated carbocycles. The highest BCUT2D eigenvalue weighted by Gasteiger charge is 2.21. The summed E-state index contributed by atoms with van der Waals surface area (Å²) in [4.78, 5) is 24.0. The van der Waals surface area contributed by atoms with Gasteiger partial charge >= 0.3 is 0 Å². The lowest BCUT2D eigenvalue weighted by atomic mass is 10.1. The molecule has 0 spiro atoms. The smallest absolute Gasteiger partial charge is 0.262 e. The van der Waals surface area contributed by atoms with Gasteiger partial charge in [0.1, 0.15) is 11.2 Å². The van der Waals surface area contributed by atoms with Crippen molar-refractivity contribution in [1.29, 1.82) is 0 Å². The number of ether oxygens (including phenoxy) is 1. The molecule has 0 fully saturated rings. The summed E-state index contributed by atoms with van der Waals surface area (Å²) < 4.78 is 9.59. The molecule has 5 aromatic rings. The van der Waals surface area contributed by atoms with E-state index in [1.807, 2.05) is 28.7 Å². The molecule has 0 saturated heterocycles. The van der Waals surface area contributed by atoms with Crippen LogP contribution in [0.4, 0.5) is 0 Å². The maximum absolute atomic E-state index is 12.6. The molecule has 0 unspecified atom stereocenters. The Morgan fingerprint density at radius 2 is 1.97 bits per heavy atom. The number of aryl methyl sites for hydroxylation is 3. The van der Waals surface area contributed by atoms with E-state index in [4.69, 9.17) is 4.74 Å². The zero-order chi connectivity index (χ0) is 20.9. The molecule has 0 bridgehead atoms. The van der Waals surface area contributed by atoms with Crippen molar-refractivity contribution in [1.82, 2.24) is 29.1 Å². The van der Waals surface area contributed by atoms with Crippen molar-refractivity contribution in [2.24, 2.45) is 7.05 Å². The van der Waals surface area contributed by atoms with Gasteiger partial charge in [-0.15, -0.1) is 21.5 Å². The second-order valence-electron chi connectivity index (χ2n) is 7.85. The summed E-state index contributed by atoms with van der Waals surface area (Å²) in [6.45, 7) is 0.195. The second kappa shape index (κ2) is 7.12. The van der Waals surface area contributed by atoms with Crippen molar-refractivity contribution in [3.8, 4) is 5.88 Å². The van der Waals surface area contributed by atoms with Crippen molar-refractivity contribution in [2.45, 2.75) is 38.7 Å². The molecule has 0 atom stereocenters. The van der Waals surface area contributed by atoms with Crippen molar-refractivity contribution in [2.75, 3.05) is 0 Å². The van der Waals surface area contributed by atoms with Crippen LogP contribution < -0.4 is 10.3 Å². The lowest BCUT2D eigenvalue weighted by Crippen LogP contribution is -2.20. The van der Waals surface area contributed by atoms with Crippen molar-refractivity contribution < 1.29 is 4.74 Å². The average molecular weight is 433 g/mol. The molecule has 0 radical (unpaired) electrons. The Bertz CT molecular complexity index is 1520. The van der Waals surface area contributed by atoms with Gasteiger partial charge in [0.25, 0.3) is 5.56 Å². The molecule has 156 valence electrons. The fourth-order valence-electron chi connectivity index (χ4n) is 4.47. The first kappa shape index (κ1) is 18.4. The van der Waals surface area contributed by atoms with Crippen LogP contribution in [-0.4, -0.2) is 29.1 Å². The van der Waals surface area contributed by atoms with E-state index in [0.29, 0.717) is 22.9 Å². The van der Waals surface area contributed by atoms with Gasteiger partial charge in [0.15, 0.2) is 12.4 Å². The zero-order valence-corrected chi connectivity index (χ0v) is 17.9. The third kappa shape index (κ3) is 2.83. The summed E-state index contributed by atoms with van der Waals surface area (Å²) in [5.41, 5.74) is 2.01. The normalized spacial score (nSPS) is 14.2. The number of fused-ring (bicyclic) bond motifs is 6. The highest BCUT2D eigenvalue weighted by Crippen LogP contribution is 2.38. The van der Waals surface area contributed by atoms with Gasteiger partial charge < -0.3 is 4.74 Å². The molecule has 1 aliphatic carbocycles. The minimum absolute atomic E-state index is 0.0959. The van der Waals surface area contributed by atoms with Crippen LogP contribution >= 0.6 is 11.3 Å². The Kier molecular flexibility index (Phi) is 4.24. The molecular formula is C22H20N6O2S. The lowest BCUT2D eigenvalue weighted by Gasteiger charge is -2.09. The van der Waals surface area contributed by atoms with Gasteiger partial charge in [-0.2, -0.15) is 0 Å². The van der Waals surface area contributed by atoms with Gasteiger partial charge in [-0.05, 0) is 43.4 Å². The van der Waals surface area contributed by atoms with E-state index < -0.39 is 0 Å². The number of rotatable bonds is 3. The largest absolute Gasteiger partial charge is 0.469 e. The average Bonchev–Trinajstić information content (AvgIpc) is 3.30. The molecule has 0 amide bonds. The highest BCUT2D eigenvalue weighted by atomic mass is 32.1. The van der Waals surface area contributed by atoms with Gasteiger partial charge in [-0.25, -0.2) is 9.97 Å². The van der Waals surface area contributed by atoms with E-state index in [0.717, 1.165) is 28.6 Å². The Morgan fingerprint density at radius 1 is 1.10 bits per heavy atom. The number of hydrogen-bond donors (Lipinski definition) is 0. The first-order valence-electron chi connectivity index (χ1n) is 10.4. The monoisotopic (exact) mass is 432 g/mol. The maximum atomic E-state index is 12.6. The minimum Gasteiger partial charge on any atom is -0.469 e. The number of benzene rings is 1. The SMILES string of the molecule is Cn1c(=O)c2ccccc2n2c(COc3ncnc4sc5c(c34)CCCCC5)nnc12. The number of aromatic nitrogens is 6. The minimum atomic E-state index is -0.0959. The zero-order valence-electron chi connectivity index (χ0n) is 17.0. The van der Waals surface area contributed by atoms with E-state index in [9.17, 15) is 4.79 Å². The van der Waals surface area contributed by atoms with Gasteiger partial charge in [-0.1, -0.05) is 18.6 Å². The number of thiophene rings is 1. The molecule has 4 aromatic heterocycles. The van der Waals surface area contributed by atoms with Crippen molar-refractivity contribution in [3.63, 3.8) is 0 Å². The Labute approximate surface area is 181 Å². The predicted octanol–water partition coefficient (Wildman–Crippen LogP) is 3.43. The Morgan fingerprint density at radius 3 is 2.90 bits per heavy atom. The van der Waals surface area contributed by atoms with Crippen LogP contribution in [-0.2, 0) is 26.5 Å². The quantitative estimate of drug-likeness (QED) is 0.406. The number of para-hydroxylation sites is 1. The molecule has 0 aliphatic heterocycles. The fraction of sp³-hybridized carbons (Fsp3) is 0.318. The van der Waals surface area contributed by atoms with Crippen LogP contribution in [0.25, 0.3) is 26.9 Å². The number of hydrogen-bond acceptors (Lipinski definition) is 7. The fourth-order valence-corrected chi connectivity index (χ4v) is 5.69. The van der Waals surface area contributed by atoms with Crippen LogP contribution in [0.3, 0.4) is 0 Å². The molecule has 1 aliphatic rings. The summed E-state index contributed by atoms with van der Waals surface area (Å²) in [5.74, 6) is 1.70. The molecule has 1 aromatic carbocycles. The van der Waals surface area contributed by atoms with Crippen LogP contribution in [0.1, 0.15) is 35.5 Å². The summed E-state index contributed by atoms with van der Waals surface area (Å²) in [5, 5.41) is 10.2. The third-order valence-electron chi connectivity index (χ3n) is 6.00. The molecule has 31 heavy (non-hydrogen) atoms. The number of nitrogens with zero attached hydrogens (tertiary/aromatic N) is 6. The van der Waals surface area contributed by atoms with Crippen molar-refractivity contribution >= 4 is 38.2 Å². The van der Waals surface area contributed by atoms with Crippen molar-refractivity contribution in [3.05, 3.63) is 57.2 Å². The van der Waals surface area contributed by atoms with E-state index in [2.05, 4.69) is 20.2 Å². The summed E-state index contributed by atoms with van der Waals surface area (Å²) in [6, 6.07) is 7.48. The van der Waals surface area contributed by atoms with Gasteiger partial charge in [0.2, 0.25) is 11.7 Å². The van der Waals surface area contributed by atoms with Gasteiger partial charge in [-0.3, -0.25) is 13.8 Å². The molecule has 8 nitrogen and oxygen atoms in total. The van der Waals surface area contributed by atoms with E-state index in [-0.39, 0.29) is 12.2 Å². The van der Waals surface area contributed by atoms with Gasteiger partial charge in [0, 0.05) is 11.9 Å². The summed E-state index contributed by atoms with van der Waals surface area (Å²) in [7, 11) is 1.71. The van der Waals surface area contributed by atoms with Crippen LogP contribution in [0.2, 0.25) is 0 Å². The van der Waals surface area contributed by atoms with Crippen LogP contribution in [0.15, 0.2) is 35.4 Å². The van der Waals surface area contributed by atoms with E-state index >= 15 is 0 Å². The predicted molar refractivity (Wildman–Crippen MR) is 119 cm³/mol. The molecule has 6 rings (SSSR count). The van der Waals surface area contributed by atoms with Crippen LogP contribution in [0, 0.1) is 0 Å². The Hall–Kier alpha value is -3.33. The topological polar surface area (TPSA) is 87.2 Å².